The molecule has 2 aromatic rings. The predicted molar refractivity (Wildman–Crippen MR) is 87.6 cm³/mol. The van der Waals surface area contributed by atoms with E-state index in [1.807, 2.05) is 11.3 Å². The van der Waals surface area contributed by atoms with Crippen molar-refractivity contribution in [2.45, 2.75) is 50.7 Å². The highest BCUT2D eigenvalue weighted by molar-refractivity contribution is 7.10. The number of thiazole rings is 1. The van der Waals surface area contributed by atoms with Gasteiger partial charge in [0.25, 0.3) is 0 Å². The molecular weight excluding hydrogens is 308 g/mol. The van der Waals surface area contributed by atoms with Crippen molar-refractivity contribution < 1.29 is 0 Å². The molecule has 2 nitrogen and oxygen atoms in total. The highest BCUT2D eigenvalue weighted by Crippen LogP contribution is 2.38. The van der Waals surface area contributed by atoms with Gasteiger partial charge < -0.3 is 0 Å². The molecule has 0 amide bonds. The van der Waals surface area contributed by atoms with Crippen LogP contribution in [0.25, 0.3) is 0 Å². The topological polar surface area (TPSA) is 16.1 Å². The summed E-state index contributed by atoms with van der Waals surface area (Å²) in [4.78, 5) is 8.80. The Bertz CT molecular complexity index is 534. The number of halogens is 1. The Balaban J connectivity index is 1.80. The van der Waals surface area contributed by atoms with Gasteiger partial charge in [-0.3, -0.25) is 4.90 Å². The average molecular weight is 327 g/mol. The van der Waals surface area contributed by atoms with E-state index in [0.717, 1.165) is 24.7 Å². The van der Waals surface area contributed by atoms with Crippen LogP contribution in [0.5, 0.6) is 0 Å². The van der Waals surface area contributed by atoms with Gasteiger partial charge in [-0.25, -0.2) is 4.98 Å². The lowest BCUT2D eigenvalue weighted by Crippen LogP contribution is -2.30. The van der Waals surface area contributed by atoms with Crippen molar-refractivity contribution in [2.24, 2.45) is 0 Å². The summed E-state index contributed by atoms with van der Waals surface area (Å²) in [6, 6.07) is 5.55. The van der Waals surface area contributed by atoms with Crippen molar-refractivity contribution in [3.05, 3.63) is 38.5 Å². The number of aromatic nitrogens is 1. The minimum absolute atomic E-state index is 0.437. The smallest absolute Gasteiger partial charge is 0.110 e. The van der Waals surface area contributed by atoms with Gasteiger partial charge in [0.1, 0.15) is 5.01 Å². The zero-order valence-corrected chi connectivity index (χ0v) is 14.0. The van der Waals surface area contributed by atoms with Gasteiger partial charge in [0.2, 0.25) is 0 Å². The summed E-state index contributed by atoms with van der Waals surface area (Å²) in [6.07, 6.45) is 3.77. The van der Waals surface area contributed by atoms with Gasteiger partial charge in [-0.15, -0.1) is 34.3 Å². The van der Waals surface area contributed by atoms with E-state index in [0.29, 0.717) is 11.9 Å². The molecule has 3 rings (SSSR count). The van der Waals surface area contributed by atoms with Crippen LogP contribution in [0.3, 0.4) is 0 Å². The number of nitrogens with zero attached hydrogens (tertiary/aromatic N) is 2. The highest BCUT2D eigenvalue weighted by atomic mass is 35.5. The van der Waals surface area contributed by atoms with E-state index >= 15 is 0 Å². The second-order valence-electron chi connectivity index (χ2n) is 5.22. The number of rotatable bonds is 7. The largest absolute Gasteiger partial charge is 0.286 e. The van der Waals surface area contributed by atoms with Crippen molar-refractivity contribution in [1.29, 1.82) is 0 Å². The van der Waals surface area contributed by atoms with Crippen molar-refractivity contribution in [2.75, 3.05) is 0 Å². The molecule has 1 saturated carbocycles. The van der Waals surface area contributed by atoms with Crippen LogP contribution in [0.2, 0.25) is 0 Å². The first-order valence-corrected chi connectivity index (χ1v) is 9.39. The van der Waals surface area contributed by atoms with Crippen LogP contribution in [0.4, 0.5) is 0 Å². The summed E-state index contributed by atoms with van der Waals surface area (Å²) in [7, 11) is 0. The van der Waals surface area contributed by atoms with Crippen LogP contribution in [-0.4, -0.2) is 15.9 Å². The monoisotopic (exact) mass is 326 g/mol. The third-order valence-corrected chi connectivity index (χ3v) is 5.84. The average Bonchev–Trinajstić information content (AvgIpc) is 2.99. The zero-order valence-electron chi connectivity index (χ0n) is 11.6. The minimum Gasteiger partial charge on any atom is -0.286 e. The fourth-order valence-corrected chi connectivity index (χ4v) is 4.53. The molecule has 0 aromatic carbocycles. The maximum Gasteiger partial charge on any atom is 0.110 e. The fraction of sp³-hybridized carbons (Fsp3) is 0.533. The first-order chi connectivity index (χ1) is 9.81. The SMILES string of the molecule is CCC(c1nc(CCl)cs1)N(Cc1cccs1)C1CC1. The molecule has 20 heavy (non-hydrogen) atoms. The molecule has 5 heteroatoms. The number of thiophene rings is 1. The molecule has 1 unspecified atom stereocenters. The van der Waals surface area contributed by atoms with Gasteiger partial charge in [-0.1, -0.05) is 13.0 Å². The van der Waals surface area contributed by atoms with Gasteiger partial charge in [-0.2, -0.15) is 0 Å². The molecule has 0 bridgehead atoms. The van der Waals surface area contributed by atoms with Crippen LogP contribution in [0.15, 0.2) is 22.9 Å². The normalized spacial score (nSPS) is 16.8. The van der Waals surface area contributed by atoms with E-state index in [-0.39, 0.29) is 0 Å². The van der Waals surface area contributed by atoms with Crippen LogP contribution in [0.1, 0.15) is 47.8 Å². The van der Waals surface area contributed by atoms with Gasteiger partial charge in [0.15, 0.2) is 0 Å². The molecule has 1 fully saturated rings. The number of hydrogen-bond acceptors (Lipinski definition) is 4. The van der Waals surface area contributed by atoms with Gasteiger partial charge in [0, 0.05) is 22.8 Å². The van der Waals surface area contributed by atoms with E-state index in [4.69, 9.17) is 16.6 Å². The van der Waals surface area contributed by atoms with E-state index in [1.165, 1.54) is 22.7 Å². The Morgan fingerprint density at radius 3 is 2.85 bits per heavy atom. The summed E-state index contributed by atoms with van der Waals surface area (Å²) in [6.45, 7) is 3.31. The third kappa shape index (κ3) is 3.25. The second kappa shape index (κ2) is 6.56. The number of alkyl halides is 1. The molecule has 0 aliphatic heterocycles. The fourth-order valence-electron chi connectivity index (χ4n) is 2.57. The lowest BCUT2D eigenvalue weighted by atomic mass is 10.2. The molecule has 1 aliphatic carbocycles. The maximum absolute atomic E-state index is 5.89. The lowest BCUT2D eigenvalue weighted by molar-refractivity contribution is 0.174. The Morgan fingerprint density at radius 2 is 2.30 bits per heavy atom. The van der Waals surface area contributed by atoms with Gasteiger partial charge in [-0.05, 0) is 30.7 Å². The molecule has 2 heterocycles. The zero-order chi connectivity index (χ0) is 13.9. The Morgan fingerprint density at radius 1 is 1.45 bits per heavy atom. The van der Waals surface area contributed by atoms with Crippen LogP contribution in [0, 0.1) is 0 Å². The summed E-state index contributed by atoms with van der Waals surface area (Å²) >= 11 is 9.50. The van der Waals surface area contributed by atoms with Crippen molar-refractivity contribution in [3.63, 3.8) is 0 Å². The maximum atomic E-state index is 5.89. The summed E-state index contributed by atoms with van der Waals surface area (Å²) in [5.74, 6) is 0.515. The molecule has 2 aromatic heterocycles. The Kier molecular flexibility index (Phi) is 4.76. The Labute approximate surface area is 133 Å². The third-order valence-electron chi connectivity index (χ3n) is 3.71. The molecule has 0 radical (unpaired) electrons. The van der Waals surface area contributed by atoms with Gasteiger partial charge >= 0.3 is 0 Å². The molecular formula is C15H19ClN2S2. The first-order valence-electron chi connectivity index (χ1n) is 7.10. The quantitative estimate of drug-likeness (QED) is 0.661. The van der Waals surface area contributed by atoms with Crippen LogP contribution in [-0.2, 0) is 12.4 Å². The summed E-state index contributed by atoms with van der Waals surface area (Å²) in [5.41, 5.74) is 1.01. The second-order valence-corrected chi connectivity index (χ2v) is 7.41. The molecule has 1 aliphatic rings. The standard InChI is InChI=1S/C15H19ClN2S2/c1-2-14(15-17-11(8-16)10-20-15)18(12-5-6-12)9-13-4-3-7-19-13/h3-4,7,10,12,14H,2,5-6,8-9H2,1H3. The molecule has 0 saturated heterocycles. The Hall–Kier alpha value is -0.420. The lowest BCUT2D eigenvalue weighted by Gasteiger charge is -2.29. The van der Waals surface area contributed by atoms with Crippen molar-refractivity contribution in [1.82, 2.24) is 9.88 Å². The first kappa shape index (κ1) is 14.5. The number of hydrogen-bond donors (Lipinski definition) is 0. The predicted octanol–water partition coefficient (Wildman–Crippen LogP) is 5.06. The minimum atomic E-state index is 0.437. The van der Waals surface area contributed by atoms with E-state index in [9.17, 15) is 0 Å². The van der Waals surface area contributed by atoms with E-state index in [2.05, 4.69) is 34.7 Å². The van der Waals surface area contributed by atoms with Crippen molar-refractivity contribution >= 4 is 34.3 Å². The highest BCUT2D eigenvalue weighted by Gasteiger charge is 2.35. The summed E-state index contributed by atoms with van der Waals surface area (Å²) < 4.78 is 0. The molecule has 108 valence electrons. The van der Waals surface area contributed by atoms with Crippen molar-refractivity contribution in [3.8, 4) is 0 Å². The molecule has 0 spiro atoms. The molecule has 0 N–H and O–H groups in total. The van der Waals surface area contributed by atoms with Crippen LogP contribution >= 0.6 is 34.3 Å². The van der Waals surface area contributed by atoms with Crippen LogP contribution < -0.4 is 0 Å². The van der Waals surface area contributed by atoms with Gasteiger partial charge in [0.05, 0.1) is 17.6 Å². The van der Waals surface area contributed by atoms with E-state index < -0.39 is 0 Å². The summed E-state index contributed by atoms with van der Waals surface area (Å²) in [5, 5.41) is 5.49. The molecule has 1 atom stereocenters. The van der Waals surface area contributed by atoms with E-state index in [1.54, 1.807) is 11.3 Å².